The van der Waals surface area contributed by atoms with Gasteiger partial charge in [0.15, 0.2) is 5.76 Å². The number of rotatable bonds is 6. The Morgan fingerprint density at radius 1 is 1.27 bits per heavy atom. The highest BCUT2D eigenvalue weighted by Gasteiger charge is 2.18. The van der Waals surface area contributed by atoms with E-state index < -0.39 is 5.54 Å². The molecule has 0 fully saturated rings. The summed E-state index contributed by atoms with van der Waals surface area (Å²) in [6.45, 7) is 4.13. The number of amides is 1. The summed E-state index contributed by atoms with van der Waals surface area (Å²) in [5.41, 5.74) is 6.30. The molecule has 6 heteroatoms. The Hall–Kier alpha value is -1.43. The first-order chi connectivity index (χ1) is 9.96. The topological polar surface area (TPSA) is 68.3 Å². The van der Waals surface area contributed by atoms with Gasteiger partial charge >= 0.3 is 0 Å². The molecule has 0 unspecified atom stereocenters. The maximum atomic E-state index is 12.1. The highest BCUT2D eigenvalue weighted by molar-refractivity contribution is 7.98. The van der Waals surface area contributed by atoms with Crippen LogP contribution in [0.25, 0.3) is 0 Å². The van der Waals surface area contributed by atoms with Gasteiger partial charge in [0, 0.05) is 28.3 Å². The highest BCUT2D eigenvalue weighted by atomic mass is 35.5. The van der Waals surface area contributed by atoms with Crippen molar-refractivity contribution in [2.75, 3.05) is 6.54 Å². The molecule has 4 nitrogen and oxygen atoms in total. The van der Waals surface area contributed by atoms with Crippen molar-refractivity contribution in [3.63, 3.8) is 0 Å². The second-order valence-electron chi connectivity index (χ2n) is 5.55. The van der Waals surface area contributed by atoms with Gasteiger partial charge in [-0.2, -0.15) is 0 Å². The molecule has 0 spiro atoms. The summed E-state index contributed by atoms with van der Waals surface area (Å²) in [6.07, 6.45) is 1.55. The molecule has 3 N–H and O–H groups in total. The number of carbonyl (C=O) groups is 1. The van der Waals surface area contributed by atoms with Gasteiger partial charge in [0.05, 0.1) is 6.26 Å². The summed E-state index contributed by atoms with van der Waals surface area (Å²) in [5, 5.41) is 2.80. The summed E-state index contributed by atoms with van der Waals surface area (Å²) < 4.78 is 5.31. The minimum Gasteiger partial charge on any atom is -0.459 e. The normalized spacial score (nSPS) is 10.9. The van der Waals surface area contributed by atoms with Crippen molar-refractivity contribution in [1.82, 2.24) is 5.32 Å². The molecule has 120 valence electrons. The van der Waals surface area contributed by atoms with E-state index in [0.717, 1.165) is 10.5 Å². The molecule has 1 aromatic carbocycles. The van der Waals surface area contributed by atoms with Crippen LogP contribution in [0, 0.1) is 0 Å². The zero-order valence-corrected chi connectivity index (χ0v) is 14.3. The van der Waals surface area contributed by atoms with Crippen molar-refractivity contribution in [3.05, 3.63) is 54.0 Å². The number of furan rings is 1. The average molecular weight is 341 g/mol. The van der Waals surface area contributed by atoms with E-state index in [2.05, 4.69) is 5.32 Å². The van der Waals surface area contributed by atoms with E-state index in [-0.39, 0.29) is 18.3 Å². The Kier molecular flexibility index (Phi) is 7.00. The Bertz CT molecular complexity index is 594. The SMILES string of the molecule is CC(C)(N)CNC(=O)c1occc1CSc1ccccc1.Cl. The molecule has 1 heterocycles. The number of hydrogen-bond donors (Lipinski definition) is 2. The Morgan fingerprint density at radius 3 is 2.59 bits per heavy atom. The highest BCUT2D eigenvalue weighted by Crippen LogP contribution is 2.24. The molecule has 0 aliphatic heterocycles. The van der Waals surface area contributed by atoms with Gasteiger partial charge in [-0.25, -0.2) is 0 Å². The number of nitrogens with two attached hydrogens (primary N) is 1. The maximum absolute atomic E-state index is 12.1. The molecule has 0 saturated heterocycles. The standard InChI is InChI=1S/C16H20N2O2S.ClH/c1-16(2,17)11-18-15(19)14-12(8-9-20-14)10-21-13-6-4-3-5-7-13;/h3-9H,10-11,17H2,1-2H3,(H,18,19);1H. The molecule has 0 aliphatic rings. The van der Waals surface area contributed by atoms with Crippen LogP contribution in [0.2, 0.25) is 0 Å². The lowest BCUT2D eigenvalue weighted by Crippen LogP contribution is -2.45. The minimum atomic E-state index is -0.443. The predicted molar refractivity (Wildman–Crippen MR) is 92.6 cm³/mol. The zero-order chi connectivity index (χ0) is 15.3. The predicted octanol–water partition coefficient (Wildman–Crippen LogP) is 3.46. The fraction of sp³-hybridized carbons (Fsp3) is 0.312. The molecular weight excluding hydrogens is 320 g/mol. The second kappa shape index (κ2) is 8.27. The second-order valence-corrected chi connectivity index (χ2v) is 6.60. The van der Waals surface area contributed by atoms with E-state index in [1.54, 1.807) is 18.0 Å². The van der Waals surface area contributed by atoms with E-state index in [4.69, 9.17) is 10.2 Å². The molecule has 1 aromatic heterocycles. The van der Waals surface area contributed by atoms with Gasteiger partial charge in [0.2, 0.25) is 0 Å². The van der Waals surface area contributed by atoms with Crippen LogP contribution >= 0.6 is 24.2 Å². The fourth-order valence-corrected chi connectivity index (χ4v) is 2.61. The molecule has 0 aliphatic carbocycles. The zero-order valence-electron chi connectivity index (χ0n) is 12.7. The molecule has 2 rings (SSSR count). The molecule has 22 heavy (non-hydrogen) atoms. The third-order valence-corrected chi connectivity index (χ3v) is 3.86. The molecule has 2 aromatic rings. The van der Waals surface area contributed by atoms with Gasteiger partial charge in [0.25, 0.3) is 5.91 Å². The number of nitrogens with one attached hydrogen (secondary N) is 1. The lowest BCUT2D eigenvalue weighted by molar-refractivity contribution is 0.0917. The Morgan fingerprint density at radius 2 is 1.95 bits per heavy atom. The van der Waals surface area contributed by atoms with E-state index in [9.17, 15) is 4.79 Å². The fourth-order valence-electron chi connectivity index (χ4n) is 1.71. The number of halogens is 1. The van der Waals surface area contributed by atoms with E-state index in [1.165, 1.54) is 0 Å². The Balaban J connectivity index is 0.00000242. The van der Waals surface area contributed by atoms with Gasteiger partial charge in [-0.1, -0.05) is 18.2 Å². The molecule has 0 atom stereocenters. The third kappa shape index (κ3) is 5.75. The summed E-state index contributed by atoms with van der Waals surface area (Å²) >= 11 is 1.67. The number of thioether (sulfide) groups is 1. The van der Waals surface area contributed by atoms with Crippen molar-refractivity contribution >= 4 is 30.1 Å². The summed E-state index contributed by atoms with van der Waals surface area (Å²) in [5.74, 6) is 0.833. The molecular formula is C16H21ClN2O2S. The van der Waals surface area contributed by atoms with Crippen molar-refractivity contribution < 1.29 is 9.21 Å². The Labute approximate surface area is 141 Å². The maximum Gasteiger partial charge on any atom is 0.287 e. The first kappa shape index (κ1) is 18.6. The van der Waals surface area contributed by atoms with Crippen LogP contribution in [0.15, 0.2) is 52.0 Å². The van der Waals surface area contributed by atoms with Crippen molar-refractivity contribution in [3.8, 4) is 0 Å². The van der Waals surface area contributed by atoms with Crippen LogP contribution in [0.3, 0.4) is 0 Å². The van der Waals surface area contributed by atoms with Gasteiger partial charge in [-0.3, -0.25) is 4.79 Å². The third-order valence-electron chi connectivity index (χ3n) is 2.80. The average Bonchev–Trinajstić information content (AvgIpc) is 2.91. The van der Waals surface area contributed by atoms with Crippen LogP contribution in [-0.2, 0) is 5.75 Å². The first-order valence-corrected chi connectivity index (χ1v) is 7.75. The van der Waals surface area contributed by atoms with E-state index in [1.807, 2.05) is 50.2 Å². The van der Waals surface area contributed by atoms with Gasteiger partial charge in [-0.05, 0) is 32.0 Å². The largest absolute Gasteiger partial charge is 0.459 e. The van der Waals surface area contributed by atoms with Crippen molar-refractivity contribution in [1.29, 1.82) is 0 Å². The number of carbonyl (C=O) groups excluding carboxylic acids is 1. The van der Waals surface area contributed by atoms with Crippen LogP contribution in [-0.4, -0.2) is 18.0 Å². The number of benzene rings is 1. The van der Waals surface area contributed by atoms with Gasteiger partial charge in [-0.15, -0.1) is 24.2 Å². The van der Waals surface area contributed by atoms with Gasteiger partial charge in [0.1, 0.15) is 0 Å². The summed E-state index contributed by atoms with van der Waals surface area (Å²) in [6, 6.07) is 11.9. The first-order valence-electron chi connectivity index (χ1n) is 6.77. The van der Waals surface area contributed by atoms with Crippen molar-refractivity contribution in [2.24, 2.45) is 5.73 Å². The molecule has 0 radical (unpaired) electrons. The van der Waals surface area contributed by atoms with Gasteiger partial charge < -0.3 is 15.5 Å². The van der Waals surface area contributed by atoms with Crippen LogP contribution < -0.4 is 11.1 Å². The number of hydrogen-bond acceptors (Lipinski definition) is 4. The van der Waals surface area contributed by atoms with E-state index >= 15 is 0 Å². The summed E-state index contributed by atoms with van der Waals surface area (Å²) in [7, 11) is 0. The van der Waals surface area contributed by atoms with E-state index in [0.29, 0.717) is 18.1 Å². The van der Waals surface area contributed by atoms with Crippen LogP contribution in [0.5, 0.6) is 0 Å². The monoisotopic (exact) mass is 340 g/mol. The van der Waals surface area contributed by atoms with Crippen molar-refractivity contribution in [2.45, 2.75) is 30.0 Å². The molecule has 0 saturated carbocycles. The lowest BCUT2D eigenvalue weighted by Gasteiger charge is -2.18. The van der Waals surface area contributed by atoms with Crippen LogP contribution in [0.1, 0.15) is 30.0 Å². The lowest BCUT2D eigenvalue weighted by atomic mass is 10.1. The minimum absolute atomic E-state index is 0. The smallest absolute Gasteiger partial charge is 0.287 e. The quantitative estimate of drug-likeness (QED) is 0.790. The molecule has 0 bridgehead atoms. The van der Waals surface area contributed by atoms with Crippen LogP contribution in [0.4, 0.5) is 0 Å². The molecule has 1 amide bonds. The summed E-state index contributed by atoms with van der Waals surface area (Å²) in [4.78, 5) is 13.3.